The fourth-order valence-electron chi connectivity index (χ4n) is 2.00. The first-order valence-electron chi connectivity index (χ1n) is 7.19. The van der Waals surface area contributed by atoms with Gasteiger partial charge in [0.2, 0.25) is 0 Å². The Hall–Kier alpha value is -0.850. The van der Waals surface area contributed by atoms with Crippen LogP contribution in [0.3, 0.4) is 0 Å². The molecule has 112 valence electrons. The molecule has 0 radical (unpaired) electrons. The van der Waals surface area contributed by atoms with Crippen molar-refractivity contribution >= 4 is 6.03 Å². The van der Waals surface area contributed by atoms with Crippen LogP contribution in [-0.2, 0) is 9.47 Å². The second-order valence-electron chi connectivity index (χ2n) is 4.40. The largest absolute Gasteiger partial charge is 0.380 e. The SMILES string of the molecule is CCOCCN(CCOCC)C(=O)N1CCNCC1. The van der Waals surface area contributed by atoms with Crippen LogP contribution in [0.5, 0.6) is 0 Å². The van der Waals surface area contributed by atoms with Crippen molar-refractivity contribution in [2.45, 2.75) is 13.8 Å². The Balaban J connectivity index is 2.41. The van der Waals surface area contributed by atoms with Crippen molar-refractivity contribution < 1.29 is 14.3 Å². The van der Waals surface area contributed by atoms with Gasteiger partial charge in [-0.15, -0.1) is 0 Å². The summed E-state index contributed by atoms with van der Waals surface area (Å²) in [5, 5.41) is 3.25. The smallest absolute Gasteiger partial charge is 0.320 e. The van der Waals surface area contributed by atoms with E-state index in [2.05, 4.69) is 5.32 Å². The highest BCUT2D eigenvalue weighted by Gasteiger charge is 2.21. The van der Waals surface area contributed by atoms with Gasteiger partial charge in [-0.3, -0.25) is 0 Å². The zero-order valence-corrected chi connectivity index (χ0v) is 12.2. The Morgan fingerprint density at radius 1 is 1.11 bits per heavy atom. The molecule has 1 aliphatic heterocycles. The molecule has 6 nitrogen and oxygen atoms in total. The van der Waals surface area contributed by atoms with Crippen LogP contribution in [-0.4, -0.2) is 81.5 Å². The van der Waals surface area contributed by atoms with Gasteiger partial charge in [-0.25, -0.2) is 4.79 Å². The van der Waals surface area contributed by atoms with Gasteiger partial charge in [-0.2, -0.15) is 0 Å². The monoisotopic (exact) mass is 273 g/mol. The average molecular weight is 273 g/mol. The second kappa shape index (κ2) is 10.00. The topological polar surface area (TPSA) is 54.0 Å². The third-order valence-electron chi connectivity index (χ3n) is 3.08. The number of amides is 2. The number of carbonyl (C=O) groups excluding carboxylic acids is 1. The van der Waals surface area contributed by atoms with Gasteiger partial charge in [0.25, 0.3) is 0 Å². The molecule has 0 aliphatic carbocycles. The molecule has 19 heavy (non-hydrogen) atoms. The number of piperazine rings is 1. The average Bonchev–Trinajstić information content (AvgIpc) is 2.46. The molecular weight excluding hydrogens is 246 g/mol. The zero-order valence-electron chi connectivity index (χ0n) is 12.2. The number of nitrogens with one attached hydrogen (secondary N) is 1. The lowest BCUT2D eigenvalue weighted by Crippen LogP contribution is -2.52. The van der Waals surface area contributed by atoms with Crippen molar-refractivity contribution in [3.05, 3.63) is 0 Å². The van der Waals surface area contributed by atoms with Crippen molar-refractivity contribution in [3.63, 3.8) is 0 Å². The normalized spacial score (nSPS) is 15.6. The van der Waals surface area contributed by atoms with Crippen molar-refractivity contribution in [1.29, 1.82) is 0 Å². The maximum atomic E-state index is 12.4. The van der Waals surface area contributed by atoms with Gasteiger partial charge in [0, 0.05) is 52.5 Å². The third-order valence-corrected chi connectivity index (χ3v) is 3.08. The molecule has 0 spiro atoms. The predicted molar refractivity (Wildman–Crippen MR) is 74.4 cm³/mol. The second-order valence-corrected chi connectivity index (χ2v) is 4.40. The van der Waals surface area contributed by atoms with Gasteiger partial charge in [0.15, 0.2) is 0 Å². The van der Waals surface area contributed by atoms with E-state index < -0.39 is 0 Å². The van der Waals surface area contributed by atoms with Crippen LogP contribution in [0.4, 0.5) is 4.79 Å². The van der Waals surface area contributed by atoms with Crippen molar-refractivity contribution in [1.82, 2.24) is 15.1 Å². The molecule has 1 heterocycles. The summed E-state index contributed by atoms with van der Waals surface area (Å²) in [6.07, 6.45) is 0. The summed E-state index contributed by atoms with van der Waals surface area (Å²) in [5.74, 6) is 0. The summed E-state index contributed by atoms with van der Waals surface area (Å²) in [4.78, 5) is 16.1. The fraction of sp³-hybridized carbons (Fsp3) is 0.923. The Kier molecular flexibility index (Phi) is 8.53. The van der Waals surface area contributed by atoms with Gasteiger partial charge in [-0.05, 0) is 13.8 Å². The molecule has 1 fully saturated rings. The Labute approximate surface area is 116 Å². The lowest BCUT2D eigenvalue weighted by atomic mass is 10.3. The summed E-state index contributed by atoms with van der Waals surface area (Å²) in [6, 6.07) is 0.0981. The Morgan fingerprint density at radius 3 is 2.11 bits per heavy atom. The quantitative estimate of drug-likeness (QED) is 0.650. The van der Waals surface area contributed by atoms with E-state index in [4.69, 9.17) is 9.47 Å². The van der Waals surface area contributed by atoms with Crippen LogP contribution in [0, 0.1) is 0 Å². The molecule has 1 N–H and O–H groups in total. The van der Waals surface area contributed by atoms with Crippen LogP contribution < -0.4 is 5.32 Å². The third kappa shape index (κ3) is 6.22. The highest BCUT2D eigenvalue weighted by Crippen LogP contribution is 2.01. The van der Waals surface area contributed by atoms with Crippen LogP contribution in [0.15, 0.2) is 0 Å². The molecule has 0 aromatic rings. The highest BCUT2D eigenvalue weighted by molar-refractivity contribution is 5.74. The summed E-state index contributed by atoms with van der Waals surface area (Å²) in [5.41, 5.74) is 0. The lowest BCUT2D eigenvalue weighted by molar-refractivity contribution is 0.0795. The number of hydrogen-bond donors (Lipinski definition) is 1. The predicted octanol–water partition coefficient (Wildman–Crippen LogP) is 0.387. The molecule has 0 unspecified atom stereocenters. The first kappa shape index (κ1) is 16.2. The van der Waals surface area contributed by atoms with E-state index in [9.17, 15) is 4.79 Å². The summed E-state index contributed by atoms with van der Waals surface area (Å²) in [7, 11) is 0. The molecule has 0 bridgehead atoms. The number of urea groups is 1. The molecular formula is C13H27N3O3. The van der Waals surface area contributed by atoms with E-state index in [1.807, 2.05) is 23.6 Å². The minimum atomic E-state index is 0.0981. The minimum Gasteiger partial charge on any atom is -0.380 e. The van der Waals surface area contributed by atoms with Gasteiger partial charge >= 0.3 is 6.03 Å². The molecule has 0 aromatic carbocycles. The Bertz CT molecular complexity index is 235. The molecule has 6 heteroatoms. The molecule has 0 atom stereocenters. The van der Waals surface area contributed by atoms with E-state index in [1.54, 1.807) is 0 Å². The van der Waals surface area contributed by atoms with Gasteiger partial charge in [0.05, 0.1) is 13.2 Å². The first-order chi connectivity index (χ1) is 9.29. The molecule has 1 saturated heterocycles. The van der Waals surface area contributed by atoms with E-state index in [-0.39, 0.29) is 6.03 Å². The number of ether oxygens (including phenoxy) is 2. The van der Waals surface area contributed by atoms with Gasteiger partial charge in [-0.1, -0.05) is 0 Å². The number of carbonyl (C=O) groups is 1. The number of nitrogens with zero attached hydrogens (tertiary/aromatic N) is 2. The molecule has 1 aliphatic rings. The number of rotatable bonds is 8. The standard InChI is InChI=1S/C13H27N3O3/c1-3-18-11-9-16(10-12-19-4-2)13(17)15-7-5-14-6-8-15/h14H,3-12H2,1-2H3. The van der Waals surface area contributed by atoms with Crippen molar-refractivity contribution in [2.75, 3.05) is 65.7 Å². The van der Waals surface area contributed by atoms with Crippen LogP contribution in [0.1, 0.15) is 13.8 Å². The van der Waals surface area contributed by atoms with Crippen LogP contribution >= 0.6 is 0 Å². The van der Waals surface area contributed by atoms with Crippen molar-refractivity contribution in [2.24, 2.45) is 0 Å². The maximum Gasteiger partial charge on any atom is 0.320 e. The zero-order chi connectivity index (χ0) is 13.9. The Morgan fingerprint density at radius 2 is 1.63 bits per heavy atom. The minimum absolute atomic E-state index is 0.0981. The molecule has 0 saturated carbocycles. The van der Waals surface area contributed by atoms with Gasteiger partial charge < -0.3 is 24.6 Å². The van der Waals surface area contributed by atoms with E-state index in [0.29, 0.717) is 39.5 Å². The summed E-state index contributed by atoms with van der Waals surface area (Å²) in [6.45, 7) is 11.0. The molecule has 0 aromatic heterocycles. The van der Waals surface area contributed by atoms with E-state index in [1.165, 1.54) is 0 Å². The van der Waals surface area contributed by atoms with E-state index in [0.717, 1.165) is 26.2 Å². The number of hydrogen-bond acceptors (Lipinski definition) is 4. The maximum absolute atomic E-state index is 12.4. The summed E-state index contributed by atoms with van der Waals surface area (Å²) >= 11 is 0. The van der Waals surface area contributed by atoms with Gasteiger partial charge in [0.1, 0.15) is 0 Å². The summed E-state index contributed by atoms with van der Waals surface area (Å²) < 4.78 is 10.7. The highest BCUT2D eigenvalue weighted by atomic mass is 16.5. The molecule has 1 rings (SSSR count). The molecule has 2 amide bonds. The fourth-order valence-corrected chi connectivity index (χ4v) is 2.00. The van der Waals surface area contributed by atoms with Crippen molar-refractivity contribution in [3.8, 4) is 0 Å². The first-order valence-corrected chi connectivity index (χ1v) is 7.19. The van der Waals surface area contributed by atoms with Crippen LogP contribution in [0.25, 0.3) is 0 Å². The lowest BCUT2D eigenvalue weighted by Gasteiger charge is -2.33. The van der Waals surface area contributed by atoms with E-state index >= 15 is 0 Å². The van der Waals surface area contributed by atoms with Crippen LogP contribution in [0.2, 0.25) is 0 Å².